The number of nitrogens with one attached hydrogen (secondary N) is 1. The monoisotopic (exact) mass is 327 g/mol. The van der Waals surface area contributed by atoms with Gasteiger partial charge < -0.3 is 19.5 Å². The summed E-state index contributed by atoms with van der Waals surface area (Å²) in [4.78, 5) is 0. The number of benzene rings is 2. The summed E-state index contributed by atoms with van der Waals surface area (Å²) in [5, 5.41) is 3.56. The fourth-order valence-corrected chi connectivity index (χ4v) is 2.83. The Morgan fingerprint density at radius 2 is 1.71 bits per heavy atom. The van der Waals surface area contributed by atoms with E-state index in [1.807, 2.05) is 37.3 Å². The molecule has 4 heteroatoms. The van der Waals surface area contributed by atoms with Crippen molar-refractivity contribution >= 4 is 0 Å². The lowest BCUT2D eigenvalue weighted by Crippen LogP contribution is -2.49. The summed E-state index contributed by atoms with van der Waals surface area (Å²) in [6.45, 7) is 4.63. The van der Waals surface area contributed by atoms with Crippen molar-refractivity contribution in [2.45, 2.75) is 25.5 Å². The summed E-state index contributed by atoms with van der Waals surface area (Å²) < 4.78 is 17.4. The van der Waals surface area contributed by atoms with Gasteiger partial charge in [0.05, 0.1) is 13.2 Å². The lowest BCUT2D eigenvalue weighted by Gasteiger charge is -2.30. The molecule has 0 amide bonds. The summed E-state index contributed by atoms with van der Waals surface area (Å²) in [5.74, 6) is 1.56. The Hall–Kier alpha value is -2.04. The molecule has 0 spiro atoms. The summed E-state index contributed by atoms with van der Waals surface area (Å²) >= 11 is 0. The second kappa shape index (κ2) is 8.71. The molecule has 1 heterocycles. The van der Waals surface area contributed by atoms with E-state index in [4.69, 9.17) is 14.2 Å². The molecule has 1 fully saturated rings. The zero-order chi connectivity index (χ0) is 16.6. The van der Waals surface area contributed by atoms with Gasteiger partial charge in [0, 0.05) is 12.6 Å². The predicted octanol–water partition coefficient (Wildman–Crippen LogP) is 3.06. The first kappa shape index (κ1) is 16.8. The van der Waals surface area contributed by atoms with E-state index in [0.717, 1.165) is 24.5 Å². The zero-order valence-electron chi connectivity index (χ0n) is 14.1. The molecule has 24 heavy (non-hydrogen) atoms. The minimum Gasteiger partial charge on any atom is -0.490 e. The van der Waals surface area contributed by atoms with Gasteiger partial charge in [-0.05, 0) is 31.0 Å². The molecule has 2 aromatic carbocycles. The van der Waals surface area contributed by atoms with E-state index in [9.17, 15) is 0 Å². The number of ether oxygens (including phenoxy) is 3. The van der Waals surface area contributed by atoms with Crippen molar-refractivity contribution < 1.29 is 14.2 Å². The molecule has 0 aromatic heterocycles. The topological polar surface area (TPSA) is 39.7 Å². The summed E-state index contributed by atoms with van der Waals surface area (Å²) in [7, 11) is 0. The molecule has 1 saturated heterocycles. The molecular formula is C20H25NO3. The van der Waals surface area contributed by atoms with Crippen LogP contribution >= 0.6 is 0 Å². The molecule has 128 valence electrons. The van der Waals surface area contributed by atoms with Gasteiger partial charge in [-0.25, -0.2) is 0 Å². The van der Waals surface area contributed by atoms with Gasteiger partial charge in [-0.3, -0.25) is 0 Å². The summed E-state index contributed by atoms with van der Waals surface area (Å²) in [5.41, 5.74) is 1.33. The molecule has 2 unspecified atom stereocenters. The maximum absolute atomic E-state index is 5.96. The zero-order valence-corrected chi connectivity index (χ0v) is 14.1. The van der Waals surface area contributed by atoms with Crippen molar-refractivity contribution in [1.29, 1.82) is 0 Å². The first-order valence-electron chi connectivity index (χ1n) is 8.58. The van der Waals surface area contributed by atoms with E-state index in [-0.39, 0.29) is 6.10 Å². The quantitative estimate of drug-likeness (QED) is 0.848. The van der Waals surface area contributed by atoms with Gasteiger partial charge in [0.15, 0.2) is 11.5 Å². The number of hydrogen-bond donors (Lipinski definition) is 1. The smallest absolute Gasteiger partial charge is 0.161 e. The number of para-hydroxylation sites is 2. The van der Waals surface area contributed by atoms with Crippen LogP contribution in [0.5, 0.6) is 11.5 Å². The minimum absolute atomic E-state index is 0.0618. The van der Waals surface area contributed by atoms with Crippen molar-refractivity contribution in [3.05, 3.63) is 60.2 Å². The van der Waals surface area contributed by atoms with E-state index < -0.39 is 0 Å². The molecule has 1 N–H and O–H groups in total. The number of rotatable bonds is 7. The van der Waals surface area contributed by atoms with E-state index in [1.54, 1.807) is 0 Å². The number of hydrogen-bond acceptors (Lipinski definition) is 4. The Labute approximate surface area is 143 Å². The molecule has 0 aliphatic carbocycles. The summed E-state index contributed by atoms with van der Waals surface area (Å²) in [6, 6.07) is 18.6. The van der Waals surface area contributed by atoms with E-state index in [0.29, 0.717) is 25.9 Å². The van der Waals surface area contributed by atoms with Crippen molar-refractivity contribution in [2.24, 2.45) is 0 Å². The van der Waals surface area contributed by atoms with Crippen LogP contribution in [0.3, 0.4) is 0 Å². The van der Waals surface area contributed by atoms with Gasteiger partial charge in [-0.2, -0.15) is 0 Å². The molecule has 0 bridgehead atoms. The Kier molecular flexibility index (Phi) is 6.10. The first-order valence-corrected chi connectivity index (χ1v) is 8.58. The molecular weight excluding hydrogens is 302 g/mol. The largest absolute Gasteiger partial charge is 0.490 e. The fraction of sp³-hybridized carbons (Fsp3) is 0.400. The molecule has 3 rings (SSSR count). The number of morpholine rings is 1. The third kappa shape index (κ3) is 4.73. The van der Waals surface area contributed by atoms with Crippen LogP contribution in [0.1, 0.15) is 12.5 Å². The highest BCUT2D eigenvalue weighted by molar-refractivity contribution is 5.39. The predicted molar refractivity (Wildman–Crippen MR) is 94.8 cm³/mol. The van der Waals surface area contributed by atoms with Crippen molar-refractivity contribution in [2.75, 3.05) is 26.4 Å². The molecule has 4 nitrogen and oxygen atoms in total. The Morgan fingerprint density at radius 3 is 2.38 bits per heavy atom. The van der Waals surface area contributed by atoms with Crippen LogP contribution in [-0.4, -0.2) is 38.5 Å². The SMILES string of the molecule is CCOc1ccccc1OCC1CNC(Cc2ccccc2)CO1. The van der Waals surface area contributed by atoms with Crippen LogP contribution in [0.15, 0.2) is 54.6 Å². The molecule has 0 saturated carbocycles. The standard InChI is InChI=1S/C20H25NO3/c1-2-22-19-10-6-7-11-20(19)24-15-18-13-21-17(14-23-18)12-16-8-4-3-5-9-16/h3-11,17-18,21H,2,12-15H2,1H3. The van der Waals surface area contributed by atoms with Crippen LogP contribution in [0.4, 0.5) is 0 Å². The lowest BCUT2D eigenvalue weighted by atomic mass is 10.1. The van der Waals surface area contributed by atoms with Gasteiger partial charge in [0.2, 0.25) is 0 Å². The van der Waals surface area contributed by atoms with E-state index in [1.165, 1.54) is 5.56 Å². The third-order valence-electron chi connectivity index (χ3n) is 4.07. The van der Waals surface area contributed by atoms with E-state index in [2.05, 4.69) is 29.6 Å². The second-order valence-electron chi connectivity index (χ2n) is 5.94. The Bertz CT molecular complexity index is 609. The molecule has 2 aromatic rings. The van der Waals surface area contributed by atoms with Crippen molar-refractivity contribution in [3.63, 3.8) is 0 Å². The third-order valence-corrected chi connectivity index (χ3v) is 4.07. The highest BCUT2D eigenvalue weighted by atomic mass is 16.5. The molecule has 1 aliphatic heterocycles. The molecule has 2 atom stereocenters. The average molecular weight is 327 g/mol. The maximum Gasteiger partial charge on any atom is 0.161 e. The highest BCUT2D eigenvalue weighted by Crippen LogP contribution is 2.26. The second-order valence-corrected chi connectivity index (χ2v) is 5.94. The average Bonchev–Trinajstić information content (AvgIpc) is 2.63. The van der Waals surface area contributed by atoms with Crippen LogP contribution in [0, 0.1) is 0 Å². The fourth-order valence-electron chi connectivity index (χ4n) is 2.83. The lowest BCUT2D eigenvalue weighted by molar-refractivity contribution is -0.0200. The van der Waals surface area contributed by atoms with E-state index >= 15 is 0 Å². The summed E-state index contributed by atoms with van der Waals surface area (Å²) in [6.07, 6.45) is 1.05. The minimum atomic E-state index is 0.0618. The van der Waals surface area contributed by atoms with Gasteiger partial charge in [0.1, 0.15) is 12.7 Å². The van der Waals surface area contributed by atoms with Gasteiger partial charge >= 0.3 is 0 Å². The van der Waals surface area contributed by atoms with Crippen LogP contribution < -0.4 is 14.8 Å². The van der Waals surface area contributed by atoms with Crippen LogP contribution in [0.2, 0.25) is 0 Å². The van der Waals surface area contributed by atoms with Crippen molar-refractivity contribution in [1.82, 2.24) is 5.32 Å². The highest BCUT2D eigenvalue weighted by Gasteiger charge is 2.22. The Balaban J connectivity index is 1.44. The molecule has 1 aliphatic rings. The Morgan fingerprint density at radius 1 is 1.00 bits per heavy atom. The van der Waals surface area contributed by atoms with Crippen LogP contribution in [0.25, 0.3) is 0 Å². The first-order chi connectivity index (χ1) is 11.8. The molecule has 0 radical (unpaired) electrons. The van der Waals surface area contributed by atoms with Crippen LogP contribution in [-0.2, 0) is 11.2 Å². The normalized spacial score (nSPS) is 20.5. The maximum atomic E-state index is 5.96. The van der Waals surface area contributed by atoms with Crippen molar-refractivity contribution in [3.8, 4) is 11.5 Å². The van der Waals surface area contributed by atoms with Gasteiger partial charge in [-0.15, -0.1) is 0 Å². The van der Waals surface area contributed by atoms with Gasteiger partial charge in [0.25, 0.3) is 0 Å². The van der Waals surface area contributed by atoms with Gasteiger partial charge in [-0.1, -0.05) is 42.5 Å².